The van der Waals surface area contributed by atoms with E-state index in [4.69, 9.17) is 9.47 Å². The minimum Gasteiger partial charge on any atom is -0.463 e. The molecule has 0 saturated heterocycles. The fourth-order valence-electron chi connectivity index (χ4n) is 2.55. The lowest BCUT2D eigenvalue weighted by Crippen LogP contribution is -2.03. The van der Waals surface area contributed by atoms with Crippen LogP contribution in [-0.4, -0.2) is 12.6 Å². The van der Waals surface area contributed by atoms with Crippen molar-refractivity contribution >= 4 is 28.6 Å². The van der Waals surface area contributed by atoms with Crippen molar-refractivity contribution in [3.63, 3.8) is 0 Å². The summed E-state index contributed by atoms with van der Waals surface area (Å²) in [6.45, 7) is 8.04. The van der Waals surface area contributed by atoms with Crippen molar-refractivity contribution < 1.29 is 14.3 Å². The minimum atomic E-state index is -0.394. The molecule has 2 aromatic rings. The van der Waals surface area contributed by atoms with Gasteiger partial charge in [-0.25, -0.2) is 4.79 Å². The third kappa shape index (κ3) is 4.38. The molecule has 0 aliphatic rings. The SMILES string of the molecule is CCOC(=O)/C=C(/C)Oc1cccc(C)c1-c1c(C)cccc1I. The van der Waals surface area contributed by atoms with Gasteiger partial charge in [0.25, 0.3) is 0 Å². The van der Waals surface area contributed by atoms with Gasteiger partial charge in [0.1, 0.15) is 11.5 Å². The van der Waals surface area contributed by atoms with Crippen LogP contribution in [0.3, 0.4) is 0 Å². The largest absolute Gasteiger partial charge is 0.463 e. The summed E-state index contributed by atoms with van der Waals surface area (Å²) in [5, 5.41) is 0. The van der Waals surface area contributed by atoms with Crippen molar-refractivity contribution in [3.05, 3.63) is 62.9 Å². The number of aryl methyl sites for hydroxylation is 2. The van der Waals surface area contributed by atoms with E-state index in [1.807, 2.05) is 18.2 Å². The van der Waals surface area contributed by atoms with Crippen molar-refractivity contribution in [2.75, 3.05) is 6.61 Å². The first-order valence-electron chi connectivity index (χ1n) is 7.82. The molecule has 2 rings (SSSR count). The molecule has 0 atom stereocenters. The number of ether oxygens (including phenoxy) is 2. The molecule has 0 N–H and O–H groups in total. The third-order valence-electron chi connectivity index (χ3n) is 3.59. The smallest absolute Gasteiger partial charge is 0.334 e. The summed E-state index contributed by atoms with van der Waals surface area (Å²) in [5.41, 5.74) is 4.53. The second kappa shape index (κ2) is 8.33. The van der Waals surface area contributed by atoms with Crippen LogP contribution in [-0.2, 0) is 9.53 Å². The van der Waals surface area contributed by atoms with Gasteiger partial charge in [-0.2, -0.15) is 0 Å². The Morgan fingerprint density at radius 3 is 2.33 bits per heavy atom. The second-order valence-corrected chi connectivity index (χ2v) is 6.65. The van der Waals surface area contributed by atoms with E-state index in [1.165, 1.54) is 15.2 Å². The average Bonchev–Trinajstić information content (AvgIpc) is 2.49. The van der Waals surface area contributed by atoms with E-state index in [-0.39, 0.29) is 0 Å². The molecule has 0 bridgehead atoms. The summed E-state index contributed by atoms with van der Waals surface area (Å²) >= 11 is 2.34. The molecule has 2 aromatic carbocycles. The second-order valence-electron chi connectivity index (χ2n) is 5.49. The lowest BCUT2D eigenvalue weighted by Gasteiger charge is -2.17. The van der Waals surface area contributed by atoms with Crippen molar-refractivity contribution in [1.29, 1.82) is 0 Å². The zero-order valence-electron chi connectivity index (χ0n) is 14.4. The van der Waals surface area contributed by atoms with Crippen molar-refractivity contribution in [2.24, 2.45) is 0 Å². The highest BCUT2D eigenvalue weighted by atomic mass is 127. The number of allylic oxidation sites excluding steroid dienone is 1. The fraction of sp³-hybridized carbons (Fsp3) is 0.250. The molecule has 0 radical (unpaired) electrons. The Kier molecular flexibility index (Phi) is 6.43. The molecule has 0 saturated carbocycles. The highest BCUT2D eigenvalue weighted by molar-refractivity contribution is 14.1. The molecular weight excluding hydrogens is 415 g/mol. The van der Waals surface area contributed by atoms with Crippen LogP contribution in [0.5, 0.6) is 5.75 Å². The zero-order chi connectivity index (χ0) is 17.7. The molecule has 0 aliphatic carbocycles. The number of hydrogen-bond donors (Lipinski definition) is 0. The van der Waals surface area contributed by atoms with Gasteiger partial charge in [-0.1, -0.05) is 24.3 Å². The lowest BCUT2D eigenvalue weighted by atomic mass is 9.96. The van der Waals surface area contributed by atoms with Crippen LogP contribution in [0.15, 0.2) is 48.2 Å². The number of hydrogen-bond acceptors (Lipinski definition) is 3. The van der Waals surface area contributed by atoms with Crippen LogP contribution in [0, 0.1) is 17.4 Å². The Labute approximate surface area is 156 Å². The molecule has 3 nitrogen and oxygen atoms in total. The Morgan fingerprint density at radius 1 is 1.08 bits per heavy atom. The number of carbonyl (C=O) groups is 1. The van der Waals surface area contributed by atoms with Gasteiger partial charge in [0.15, 0.2) is 0 Å². The maximum absolute atomic E-state index is 11.6. The van der Waals surface area contributed by atoms with Gasteiger partial charge in [0, 0.05) is 14.7 Å². The van der Waals surface area contributed by atoms with Gasteiger partial charge in [-0.05, 0) is 73.5 Å². The molecule has 24 heavy (non-hydrogen) atoms. The van der Waals surface area contributed by atoms with Gasteiger partial charge in [-0.15, -0.1) is 0 Å². The third-order valence-corrected chi connectivity index (χ3v) is 4.48. The Bertz CT molecular complexity index is 758. The summed E-state index contributed by atoms with van der Waals surface area (Å²) < 4.78 is 12.1. The Hall–Kier alpha value is -1.82. The average molecular weight is 436 g/mol. The van der Waals surface area contributed by atoms with Crippen LogP contribution in [0.1, 0.15) is 25.0 Å². The minimum absolute atomic E-state index is 0.347. The molecule has 0 heterocycles. The van der Waals surface area contributed by atoms with E-state index in [2.05, 4.69) is 54.6 Å². The van der Waals surface area contributed by atoms with Crippen LogP contribution in [0.2, 0.25) is 0 Å². The molecule has 4 heteroatoms. The summed E-state index contributed by atoms with van der Waals surface area (Å²) in [5.74, 6) is 0.846. The van der Waals surface area contributed by atoms with Gasteiger partial charge < -0.3 is 9.47 Å². The highest BCUT2D eigenvalue weighted by Crippen LogP contribution is 2.38. The van der Waals surface area contributed by atoms with Gasteiger partial charge in [0.2, 0.25) is 0 Å². The summed E-state index contributed by atoms with van der Waals surface area (Å²) in [7, 11) is 0. The van der Waals surface area contributed by atoms with Crippen LogP contribution in [0.4, 0.5) is 0 Å². The number of carbonyl (C=O) groups excluding carboxylic acids is 1. The van der Waals surface area contributed by atoms with E-state index in [1.54, 1.807) is 13.8 Å². The first kappa shape index (κ1) is 18.5. The topological polar surface area (TPSA) is 35.5 Å². The van der Waals surface area contributed by atoms with Crippen LogP contribution in [0.25, 0.3) is 11.1 Å². The Balaban J connectivity index is 2.47. The van der Waals surface area contributed by atoms with E-state index < -0.39 is 5.97 Å². The summed E-state index contributed by atoms with van der Waals surface area (Å²) in [6, 6.07) is 12.2. The lowest BCUT2D eigenvalue weighted by molar-refractivity contribution is -0.137. The molecule has 126 valence electrons. The van der Waals surface area contributed by atoms with Crippen LogP contribution < -0.4 is 4.74 Å². The quantitative estimate of drug-likeness (QED) is 0.272. The number of esters is 1. The first-order chi connectivity index (χ1) is 11.4. The highest BCUT2D eigenvalue weighted by Gasteiger charge is 2.15. The molecular formula is C20H21IO3. The van der Waals surface area contributed by atoms with E-state index in [0.717, 1.165) is 22.4 Å². The van der Waals surface area contributed by atoms with Crippen LogP contribution >= 0.6 is 22.6 Å². The predicted molar refractivity (Wildman–Crippen MR) is 105 cm³/mol. The van der Waals surface area contributed by atoms with E-state index in [0.29, 0.717) is 12.4 Å². The monoisotopic (exact) mass is 436 g/mol. The molecule has 0 fully saturated rings. The van der Waals surface area contributed by atoms with Gasteiger partial charge >= 0.3 is 5.97 Å². The normalized spacial score (nSPS) is 11.3. The van der Waals surface area contributed by atoms with E-state index >= 15 is 0 Å². The Morgan fingerprint density at radius 2 is 1.71 bits per heavy atom. The number of halogens is 1. The predicted octanol–water partition coefficient (Wildman–Crippen LogP) is 5.42. The molecule has 0 amide bonds. The maximum atomic E-state index is 11.6. The zero-order valence-corrected chi connectivity index (χ0v) is 16.5. The van der Waals surface area contributed by atoms with Crippen molar-refractivity contribution in [3.8, 4) is 16.9 Å². The molecule has 0 aliphatic heterocycles. The first-order valence-corrected chi connectivity index (χ1v) is 8.90. The molecule has 0 aromatic heterocycles. The summed E-state index contributed by atoms with van der Waals surface area (Å²) in [4.78, 5) is 11.6. The standard InChI is InChI=1S/C20H21IO3/c1-5-23-18(22)12-15(4)24-17-11-7-9-14(3)20(17)19-13(2)8-6-10-16(19)21/h6-12H,5H2,1-4H3/b15-12-. The fourth-order valence-corrected chi connectivity index (χ4v) is 3.45. The van der Waals surface area contributed by atoms with Gasteiger partial charge in [-0.3, -0.25) is 0 Å². The number of rotatable bonds is 5. The molecule has 0 unspecified atom stereocenters. The maximum Gasteiger partial charge on any atom is 0.334 e. The van der Waals surface area contributed by atoms with Crippen molar-refractivity contribution in [1.82, 2.24) is 0 Å². The molecule has 0 spiro atoms. The van der Waals surface area contributed by atoms with Crippen molar-refractivity contribution in [2.45, 2.75) is 27.7 Å². The number of benzene rings is 2. The van der Waals surface area contributed by atoms with Gasteiger partial charge in [0.05, 0.1) is 12.7 Å². The summed E-state index contributed by atoms with van der Waals surface area (Å²) in [6.07, 6.45) is 1.37. The van der Waals surface area contributed by atoms with E-state index in [9.17, 15) is 4.79 Å².